The molecular formula is C10H18O3. The summed E-state index contributed by atoms with van der Waals surface area (Å²) in [4.78, 5) is 11.2. The van der Waals surface area contributed by atoms with Gasteiger partial charge in [0.05, 0.1) is 12.7 Å². The van der Waals surface area contributed by atoms with E-state index in [2.05, 4.69) is 0 Å². The van der Waals surface area contributed by atoms with E-state index in [1.807, 2.05) is 0 Å². The van der Waals surface area contributed by atoms with Crippen LogP contribution in [-0.4, -0.2) is 32.2 Å². The van der Waals surface area contributed by atoms with Crippen LogP contribution >= 0.6 is 0 Å². The number of carbonyl (C=O) groups excluding carboxylic acids is 1. The summed E-state index contributed by atoms with van der Waals surface area (Å²) in [6.07, 6.45) is 4.69. The molecule has 0 amide bonds. The second-order valence-electron chi connectivity index (χ2n) is 3.46. The molecule has 76 valence electrons. The molecule has 3 heteroatoms. The number of hydrogen-bond donors (Lipinski definition) is 0. The summed E-state index contributed by atoms with van der Waals surface area (Å²) < 4.78 is 10.3. The van der Waals surface area contributed by atoms with Crippen LogP contribution in [0.15, 0.2) is 0 Å². The highest BCUT2D eigenvalue weighted by Gasteiger charge is 2.16. The average Bonchev–Trinajstić information content (AvgIpc) is 2.64. The van der Waals surface area contributed by atoms with Gasteiger partial charge in [-0.3, -0.25) is 4.79 Å². The molecule has 1 atom stereocenters. The minimum absolute atomic E-state index is 0.289. The third-order valence-electron chi connectivity index (χ3n) is 2.35. The number of hydrogen-bond acceptors (Lipinski definition) is 3. The van der Waals surface area contributed by atoms with Crippen LogP contribution in [0.1, 0.15) is 32.1 Å². The second kappa shape index (κ2) is 6.11. The first-order valence-corrected chi connectivity index (χ1v) is 4.95. The topological polar surface area (TPSA) is 35.5 Å². The zero-order valence-corrected chi connectivity index (χ0v) is 8.25. The van der Waals surface area contributed by atoms with E-state index in [1.165, 1.54) is 0 Å². The SMILES string of the molecule is COCCC(=O)CCC1CCCO1. The summed E-state index contributed by atoms with van der Waals surface area (Å²) in [5, 5.41) is 0. The molecule has 0 bridgehead atoms. The Balaban J connectivity index is 2.00. The van der Waals surface area contributed by atoms with E-state index in [-0.39, 0.29) is 5.78 Å². The highest BCUT2D eigenvalue weighted by Crippen LogP contribution is 2.17. The van der Waals surface area contributed by atoms with E-state index in [1.54, 1.807) is 7.11 Å². The van der Waals surface area contributed by atoms with Crippen molar-refractivity contribution in [3.8, 4) is 0 Å². The average molecular weight is 186 g/mol. The number of ether oxygens (including phenoxy) is 2. The maximum absolute atomic E-state index is 11.2. The third kappa shape index (κ3) is 4.39. The molecule has 1 aliphatic rings. The lowest BCUT2D eigenvalue weighted by molar-refractivity contribution is -0.120. The molecule has 0 aliphatic carbocycles. The van der Waals surface area contributed by atoms with Crippen molar-refractivity contribution in [3.63, 3.8) is 0 Å². The van der Waals surface area contributed by atoms with Crippen molar-refractivity contribution in [1.29, 1.82) is 0 Å². The standard InChI is InChI=1S/C10H18O3/c1-12-8-6-9(11)4-5-10-3-2-7-13-10/h10H,2-8H2,1H3. The molecule has 0 aromatic carbocycles. The van der Waals surface area contributed by atoms with Crippen LogP contribution in [0.2, 0.25) is 0 Å². The highest BCUT2D eigenvalue weighted by atomic mass is 16.5. The molecule has 13 heavy (non-hydrogen) atoms. The summed E-state index contributed by atoms with van der Waals surface area (Å²) in [6.45, 7) is 1.42. The van der Waals surface area contributed by atoms with E-state index in [9.17, 15) is 4.79 Å². The van der Waals surface area contributed by atoms with Crippen molar-refractivity contribution < 1.29 is 14.3 Å². The first-order chi connectivity index (χ1) is 6.33. The zero-order valence-electron chi connectivity index (χ0n) is 8.25. The van der Waals surface area contributed by atoms with Gasteiger partial charge in [0.2, 0.25) is 0 Å². The Morgan fingerprint density at radius 1 is 1.54 bits per heavy atom. The highest BCUT2D eigenvalue weighted by molar-refractivity contribution is 5.78. The van der Waals surface area contributed by atoms with Gasteiger partial charge in [-0.05, 0) is 19.3 Å². The van der Waals surface area contributed by atoms with Crippen LogP contribution in [0.4, 0.5) is 0 Å². The van der Waals surface area contributed by atoms with Gasteiger partial charge in [0.1, 0.15) is 5.78 Å². The zero-order chi connectivity index (χ0) is 9.52. The van der Waals surface area contributed by atoms with Gasteiger partial charge < -0.3 is 9.47 Å². The van der Waals surface area contributed by atoms with Gasteiger partial charge in [0.25, 0.3) is 0 Å². The number of ketones is 1. The molecule has 0 saturated carbocycles. The van der Waals surface area contributed by atoms with E-state index in [0.717, 1.165) is 25.9 Å². The number of rotatable bonds is 6. The number of Topliss-reactive ketones (excluding diaryl/α,β-unsaturated/α-hetero) is 1. The summed E-state index contributed by atoms with van der Waals surface area (Å²) in [5.41, 5.74) is 0. The Morgan fingerprint density at radius 3 is 3.00 bits per heavy atom. The molecule has 0 aromatic heterocycles. The maximum atomic E-state index is 11.2. The Labute approximate surface area is 79.4 Å². The minimum Gasteiger partial charge on any atom is -0.384 e. The molecule has 1 unspecified atom stereocenters. The van der Waals surface area contributed by atoms with Crippen molar-refractivity contribution in [2.24, 2.45) is 0 Å². The third-order valence-corrected chi connectivity index (χ3v) is 2.35. The number of carbonyl (C=O) groups is 1. The molecule has 1 heterocycles. The van der Waals surface area contributed by atoms with Gasteiger partial charge in [0.15, 0.2) is 0 Å². The Bertz CT molecular complexity index is 150. The molecule has 0 spiro atoms. The maximum Gasteiger partial charge on any atom is 0.135 e. The Morgan fingerprint density at radius 2 is 2.38 bits per heavy atom. The van der Waals surface area contributed by atoms with Crippen LogP contribution < -0.4 is 0 Å². The second-order valence-corrected chi connectivity index (χ2v) is 3.46. The molecule has 1 rings (SSSR count). The summed E-state index contributed by atoms with van der Waals surface area (Å²) in [5.74, 6) is 0.289. The van der Waals surface area contributed by atoms with Crippen LogP contribution in [0, 0.1) is 0 Å². The van der Waals surface area contributed by atoms with Gasteiger partial charge in [0, 0.05) is 26.6 Å². The molecule has 0 N–H and O–H groups in total. The summed E-state index contributed by atoms with van der Waals surface area (Å²) in [7, 11) is 1.62. The fourth-order valence-electron chi connectivity index (χ4n) is 1.53. The van der Waals surface area contributed by atoms with Crippen LogP contribution in [-0.2, 0) is 14.3 Å². The summed E-state index contributed by atoms with van der Waals surface area (Å²) in [6, 6.07) is 0. The van der Waals surface area contributed by atoms with E-state index < -0.39 is 0 Å². The molecule has 1 saturated heterocycles. The molecule has 0 radical (unpaired) electrons. The fourth-order valence-corrected chi connectivity index (χ4v) is 1.53. The first-order valence-electron chi connectivity index (χ1n) is 4.95. The van der Waals surface area contributed by atoms with Crippen LogP contribution in [0.3, 0.4) is 0 Å². The monoisotopic (exact) mass is 186 g/mol. The van der Waals surface area contributed by atoms with Crippen molar-refractivity contribution in [2.75, 3.05) is 20.3 Å². The van der Waals surface area contributed by atoms with Crippen molar-refractivity contribution >= 4 is 5.78 Å². The normalized spacial score (nSPS) is 22.1. The molecule has 0 aromatic rings. The first kappa shape index (κ1) is 10.7. The lowest BCUT2D eigenvalue weighted by Crippen LogP contribution is -2.09. The predicted molar refractivity (Wildman–Crippen MR) is 49.7 cm³/mol. The largest absolute Gasteiger partial charge is 0.384 e. The minimum atomic E-state index is 0.289. The molecule has 1 fully saturated rings. The van der Waals surface area contributed by atoms with Gasteiger partial charge >= 0.3 is 0 Å². The number of methoxy groups -OCH3 is 1. The predicted octanol–water partition coefficient (Wildman–Crippen LogP) is 1.55. The van der Waals surface area contributed by atoms with Gasteiger partial charge in [-0.15, -0.1) is 0 Å². The molecule has 3 nitrogen and oxygen atoms in total. The van der Waals surface area contributed by atoms with Crippen molar-refractivity contribution in [1.82, 2.24) is 0 Å². The summed E-state index contributed by atoms with van der Waals surface area (Å²) >= 11 is 0. The lowest BCUT2D eigenvalue weighted by atomic mass is 10.1. The Kier molecular flexibility index (Phi) is 5.01. The van der Waals surface area contributed by atoms with Crippen molar-refractivity contribution in [2.45, 2.75) is 38.2 Å². The smallest absolute Gasteiger partial charge is 0.135 e. The van der Waals surface area contributed by atoms with Crippen LogP contribution in [0.25, 0.3) is 0 Å². The van der Waals surface area contributed by atoms with E-state index in [0.29, 0.717) is 25.6 Å². The van der Waals surface area contributed by atoms with Crippen LogP contribution in [0.5, 0.6) is 0 Å². The van der Waals surface area contributed by atoms with E-state index in [4.69, 9.17) is 9.47 Å². The quantitative estimate of drug-likeness (QED) is 0.631. The molecular weight excluding hydrogens is 168 g/mol. The van der Waals surface area contributed by atoms with Crippen molar-refractivity contribution in [3.05, 3.63) is 0 Å². The van der Waals surface area contributed by atoms with E-state index >= 15 is 0 Å². The van der Waals surface area contributed by atoms with Gasteiger partial charge in [-0.2, -0.15) is 0 Å². The van der Waals surface area contributed by atoms with Gasteiger partial charge in [-0.1, -0.05) is 0 Å². The molecule has 1 aliphatic heterocycles. The fraction of sp³-hybridized carbons (Fsp3) is 0.900. The lowest BCUT2D eigenvalue weighted by Gasteiger charge is -2.07. The van der Waals surface area contributed by atoms with Gasteiger partial charge in [-0.25, -0.2) is 0 Å². The Hall–Kier alpha value is -0.410.